The number of hydrogen-bond acceptors (Lipinski definition) is 5. The number of benzene rings is 2. The summed E-state index contributed by atoms with van der Waals surface area (Å²) in [5.74, 6) is 4.94. The summed E-state index contributed by atoms with van der Waals surface area (Å²) in [5.41, 5.74) is 4.82. The molecule has 136 valence electrons. The summed E-state index contributed by atoms with van der Waals surface area (Å²) in [7, 11) is 0. The van der Waals surface area contributed by atoms with Crippen LogP contribution in [0.2, 0.25) is 5.02 Å². The van der Waals surface area contributed by atoms with Crippen LogP contribution in [-0.2, 0) is 16.6 Å². The average molecular weight is 374 g/mol. The number of carbonyl (C=O) groups excluding carboxylic acids is 1. The Morgan fingerprint density at radius 1 is 1.23 bits per heavy atom. The quantitative estimate of drug-likeness (QED) is 0.371. The van der Waals surface area contributed by atoms with Crippen molar-refractivity contribution in [2.45, 2.75) is 32.6 Å². The Labute approximate surface area is 155 Å². The summed E-state index contributed by atoms with van der Waals surface area (Å²) in [5, 5.41) is 20.2. The first-order chi connectivity index (χ1) is 12.2. The lowest BCUT2D eigenvalue weighted by Crippen LogP contribution is -2.31. The van der Waals surface area contributed by atoms with Gasteiger partial charge in [-0.15, -0.1) is 15.0 Å². The molecule has 7 nitrogen and oxygen atoms in total. The standard InChI is InChI=1S/C18H20ClN5O2/c1-18(2,3)12-6-10(8-16(25)21-20)7-15(17(12)26)24-22-13-5-4-11(19)9-14(13)23-24/h4-7,9,26H,8,20H2,1-3H3,(H,21,25). The molecule has 0 saturated heterocycles. The van der Waals surface area contributed by atoms with Gasteiger partial charge in [-0.1, -0.05) is 38.4 Å². The van der Waals surface area contributed by atoms with Gasteiger partial charge in [-0.25, -0.2) is 5.84 Å². The summed E-state index contributed by atoms with van der Waals surface area (Å²) in [6, 6.07) is 8.67. The molecule has 0 aliphatic carbocycles. The van der Waals surface area contributed by atoms with E-state index in [1.165, 1.54) is 4.80 Å². The lowest BCUT2D eigenvalue weighted by molar-refractivity contribution is -0.120. The van der Waals surface area contributed by atoms with E-state index in [9.17, 15) is 9.90 Å². The minimum atomic E-state index is -0.343. The normalized spacial score (nSPS) is 11.7. The molecule has 0 unspecified atom stereocenters. The number of fused-ring (bicyclic) bond motifs is 1. The van der Waals surface area contributed by atoms with Crippen molar-refractivity contribution in [3.8, 4) is 11.4 Å². The van der Waals surface area contributed by atoms with E-state index in [1.807, 2.05) is 20.8 Å². The molecule has 26 heavy (non-hydrogen) atoms. The Kier molecular flexibility index (Phi) is 4.60. The van der Waals surface area contributed by atoms with Crippen molar-refractivity contribution in [3.63, 3.8) is 0 Å². The largest absolute Gasteiger partial charge is 0.505 e. The first-order valence-electron chi connectivity index (χ1n) is 8.08. The number of hydrogen-bond donors (Lipinski definition) is 3. The molecular formula is C18H20ClN5O2. The number of nitrogens with one attached hydrogen (secondary N) is 1. The van der Waals surface area contributed by atoms with Crippen LogP contribution >= 0.6 is 11.6 Å². The maximum Gasteiger partial charge on any atom is 0.238 e. The molecule has 0 saturated carbocycles. The van der Waals surface area contributed by atoms with Gasteiger partial charge in [0.1, 0.15) is 22.5 Å². The van der Waals surface area contributed by atoms with Crippen LogP contribution in [0.5, 0.6) is 5.75 Å². The minimum absolute atomic E-state index is 0.0702. The molecule has 0 spiro atoms. The van der Waals surface area contributed by atoms with Gasteiger partial charge in [-0.3, -0.25) is 10.2 Å². The van der Waals surface area contributed by atoms with Crippen molar-refractivity contribution in [2.75, 3.05) is 0 Å². The van der Waals surface area contributed by atoms with Crippen molar-refractivity contribution >= 4 is 28.5 Å². The summed E-state index contributed by atoms with van der Waals surface area (Å²) < 4.78 is 0. The van der Waals surface area contributed by atoms with E-state index in [2.05, 4.69) is 15.6 Å². The molecule has 0 bridgehead atoms. The van der Waals surface area contributed by atoms with Crippen LogP contribution in [-0.4, -0.2) is 26.0 Å². The number of halogens is 1. The third-order valence-corrected chi connectivity index (χ3v) is 4.28. The van der Waals surface area contributed by atoms with E-state index in [4.69, 9.17) is 17.4 Å². The Morgan fingerprint density at radius 2 is 1.92 bits per heavy atom. The molecule has 0 atom stereocenters. The first kappa shape index (κ1) is 18.2. The van der Waals surface area contributed by atoms with Crippen molar-refractivity contribution < 1.29 is 9.90 Å². The smallest absolute Gasteiger partial charge is 0.238 e. The summed E-state index contributed by atoms with van der Waals surface area (Å²) in [6.07, 6.45) is 0.0828. The number of aromatic hydroxyl groups is 1. The summed E-state index contributed by atoms with van der Waals surface area (Å²) in [4.78, 5) is 13.1. The van der Waals surface area contributed by atoms with E-state index in [0.29, 0.717) is 32.9 Å². The molecule has 0 radical (unpaired) electrons. The van der Waals surface area contributed by atoms with E-state index < -0.39 is 0 Å². The molecule has 1 heterocycles. The molecule has 1 amide bonds. The number of phenols is 1. The zero-order valence-electron chi connectivity index (χ0n) is 14.7. The maximum atomic E-state index is 11.7. The molecule has 0 aliphatic rings. The second-order valence-corrected chi connectivity index (χ2v) is 7.56. The third-order valence-electron chi connectivity index (χ3n) is 4.04. The number of nitrogens with two attached hydrogens (primary N) is 1. The van der Waals surface area contributed by atoms with Gasteiger partial charge in [-0.05, 0) is 35.2 Å². The fourth-order valence-electron chi connectivity index (χ4n) is 2.74. The van der Waals surface area contributed by atoms with E-state index in [-0.39, 0.29) is 23.5 Å². The van der Waals surface area contributed by atoms with Crippen LogP contribution in [0.4, 0.5) is 0 Å². The van der Waals surface area contributed by atoms with E-state index in [0.717, 1.165) is 0 Å². The molecule has 0 fully saturated rings. The molecule has 3 aromatic rings. The number of phenolic OH excluding ortho intramolecular Hbond substituents is 1. The Balaban J connectivity index is 2.20. The monoisotopic (exact) mass is 373 g/mol. The molecule has 0 aliphatic heterocycles. The van der Waals surface area contributed by atoms with Gasteiger partial charge in [0.25, 0.3) is 0 Å². The number of amides is 1. The zero-order chi connectivity index (χ0) is 19.1. The highest BCUT2D eigenvalue weighted by atomic mass is 35.5. The first-order valence-corrected chi connectivity index (χ1v) is 8.45. The number of nitrogens with zero attached hydrogens (tertiary/aromatic N) is 3. The van der Waals surface area contributed by atoms with Gasteiger partial charge in [0, 0.05) is 10.6 Å². The highest BCUT2D eigenvalue weighted by Crippen LogP contribution is 2.36. The highest BCUT2D eigenvalue weighted by molar-refractivity contribution is 6.31. The van der Waals surface area contributed by atoms with E-state index >= 15 is 0 Å². The average Bonchev–Trinajstić information content (AvgIpc) is 2.97. The molecule has 4 N–H and O–H groups in total. The van der Waals surface area contributed by atoms with Gasteiger partial charge in [0.2, 0.25) is 5.91 Å². The van der Waals surface area contributed by atoms with Gasteiger partial charge in [0.05, 0.1) is 6.42 Å². The lowest BCUT2D eigenvalue weighted by Gasteiger charge is -2.23. The minimum Gasteiger partial charge on any atom is -0.505 e. The van der Waals surface area contributed by atoms with Crippen LogP contribution in [0.25, 0.3) is 16.7 Å². The van der Waals surface area contributed by atoms with Crippen molar-refractivity contribution in [1.29, 1.82) is 0 Å². The van der Waals surface area contributed by atoms with Gasteiger partial charge in [-0.2, -0.15) is 0 Å². The molecule has 3 rings (SSSR count). The lowest BCUT2D eigenvalue weighted by atomic mass is 9.84. The Bertz CT molecular complexity index is 991. The predicted molar refractivity (Wildman–Crippen MR) is 100 cm³/mol. The van der Waals surface area contributed by atoms with Crippen molar-refractivity contribution in [3.05, 3.63) is 46.5 Å². The van der Waals surface area contributed by atoms with Crippen LogP contribution in [0.3, 0.4) is 0 Å². The SMILES string of the molecule is CC(C)(C)c1cc(CC(=O)NN)cc(-n2nc3ccc(Cl)cc3n2)c1O. The summed E-state index contributed by atoms with van der Waals surface area (Å²) in [6.45, 7) is 5.93. The summed E-state index contributed by atoms with van der Waals surface area (Å²) >= 11 is 6.01. The zero-order valence-corrected chi connectivity index (χ0v) is 15.5. The number of rotatable bonds is 3. The second-order valence-electron chi connectivity index (χ2n) is 7.13. The third kappa shape index (κ3) is 3.49. The van der Waals surface area contributed by atoms with Crippen LogP contribution in [0.15, 0.2) is 30.3 Å². The Morgan fingerprint density at radius 3 is 2.58 bits per heavy atom. The fourth-order valence-corrected chi connectivity index (χ4v) is 2.90. The second kappa shape index (κ2) is 6.59. The highest BCUT2D eigenvalue weighted by Gasteiger charge is 2.23. The van der Waals surface area contributed by atoms with E-state index in [1.54, 1.807) is 30.3 Å². The fraction of sp³-hybridized carbons (Fsp3) is 0.278. The van der Waals surface area contributed by atoms with Crippen LogP contribution in [0, 0.1) is 0 Å². The Hall–Kier alpha value is -2.64. The molecular weight excluding hydrogens is 354 g/mol. The van der Waals surface area contributed by atoms with Crippen molar-refractivity contribution in [1.82, 2.24) is 20.4 Å². The number of aromatic nitrogens is 3. The van der Waals surface area contributed by atoms with Crippen molar-refractivity contribution in [2.24, 2.45) is 5.84 Å². The van der Waals surface area contributed by atoms with Gasteiger partial charge < -0.3 is 5.11 Å². The maximum absolute atomic E-state index is 11.7. The topological polar surface area (TPSA) is 106 Å². The molecule has 2 aromatic carbocycles. The van der Waals surface area contributed by atoms with Crippen LogP contribution in [0.1, 0.15) is 31.9 Å². The molecule has 1 aromatic heterocycles. The predicted octanol–water partition coefficient (Wildman–Crippen LogP) is 2.61. The number of carbonyl (C=O) groups is 1. The van der Waals surface area contributed by atoms with Gasteiger partial charge >= 0.3 is 0 Å². The van der Waals surface area contributed by atoms with Crippen LogP contribution < -0.4 is 11.3 Å². The van der Waals surface area contributed by atoms with Gasteiger partial charge in [0.15, 0.2) is 0 Å². The molecule has 8 heteroatoms. The number of hydrazine groups is 1.